The van der Waals surface area contributed by atoms with E-state index >= 15 is 0 Å². The molecular weight excluding hydrogens is 286 g/mol. The zero-order valence-corrected chi connectivity index (χ0v) is 12.5. The molecule has 0 spiro atoms. The van der Waals surface area contributed by atoms with E-state index in [1.54, 1.807) is 6.92 Å². The van der Waals surface area contributed by atoms with Gasteiger partial charge in [-0.15, -0.1) is 11.6 Å². The summed E-state index contributed by atoms with van der Waals surface area (Å²) in [6.07, 6.45) is 2.30. The molecule has 0 aliphatic carbocycles. The number of alkyl halides is 1. The van der Waals surface area contributed by atoms with Crippen LogP contribution in [0.4, 0.5) is 0 Å². The van der Waals surface area contributed by atoms with Crippen LogP contribution < -0.4 is 5.32 Å². The van der Waals surface area contributed by atoms with Crippen molar-refractivity contribution in [3.05, 3.63) is 0 Å². The maximum atomic E-state index is 11.7. The van der Waals surface area contributed by atoms with Crippen molar-refractivity contribution in [2.75, 3.05) is 25.6 Å². The van der Waals surface area contributed by atoms with E-state index < -0.39 is 12.1 Å². The standard InChI is InChI=1S/C13H22ClNO5/c1-2-18-12(17)9-15-11(16)7-10(8-14)20-13-5-3-4-6-19-13/h10,13H,2-9H2,1H3,(H,15,16). The molecule has 0 radical (unpaired) electrons. The van der Waals surface area contributed by atoms with E-state index in [0.29, 0.717) is 13.2 Å². The minimum atomic E-state index is -0.459. The van der Waals surface area contributed by atoms with Gasteiger partial charge in [0.05, 0.1) is 19.1 Å². The number of carbonyl (C=O) groups is 2. The Morgan fingerprint density at radius 1 is 1.45 bits per heavy atom. The molecule has 20 heavy (non-hydrogen) atoms. The van der Waals surface area contributed by atoms with Gasteiger partial charge in [0.1, 0.15) is 6.54 Å². The molecule has 0 aromatic heterocycles. The smallest absolute Gasteiger partial charge is 0.325 e. The normalized spacial score (nSPS) is 20.2. The average Bonchev–Trinajstić information content (AvgIpc) is 2.46. The number of hydrogen-bond acceptors (Lipinski definition) is 5. The fourth-order valence-corrected chi connectivity index (χ4v) is 2.02. The zero-order chi connectivity index (χ0) is 14.8. The number of amides is 1. The summed E-state index contributed by atoms with van der Waals surface area (Å²) in [7, 11) is 0. The summed E-state index contributed by atoms with van der Waals surface area (Å²) < 4.78 is 15.8. The Hall–Kier alpha value is -0.850. The number of hydrogen-bond donors (Lipinski definition) is 1. The van der Waals surface area contributed by atoms with Crippen molar-refractivity contribution in [2.24, 2.45) is 0 Å². The maximum absolute atomic E-state index is 11.7. The van der Waals surface area contributed by atoms with Crippen LogP contribution in [0.5, 0.6) is 0 Å². The zero-order valence-electron chi connectivity index (χ0n) is 11.7. The first-order chi connectivity index (χ1) is 9.65. The molecule has 116 valence electrons. The Kier molecular flexibility index (Phi) is 8.57. The largest absolute Gasteiger partial charge is 0.465 e. The van der Waals surface area contributed by atoms with Gasteiger partial charge in [0.2, 0.25) is 5.91 Å². The molecule has 0 aromatic carbocycles. The van der Waals surface area contributed by atoms with Crippen LogP contribution >= 0.6 is 11.6 Å². The van der Waals surface area contributed by atoms with Gasteiger partial charge in [-0.3, -0.25) is 9.59 Å². The molecule has 1 amide bonds. The number of carbonyl (C=O) groups excluding carboxylic acids is 2. The minimum Gasteiger partial charge on any atom is -0.465 e. The first-order valence-electron chi connectivity index (χ1n) is 6.91. The minimum absolute atomic E-state index is 0.1000. The lowest BCUT2D eigenvalue weighted by molar-refractivity contribution is -0.185. The molecule has 1 rings (SSSR count). The summed E-state index contributed by atoms with van der Waals surface area (Å²) in [6.45, 7) is 2.54. The second-order valence-electron chi connectivity index (χ2n) is 4.49. The van der Waals surface area contributed by atoms with Gasteiger partial charge in [-0.1, -0.05) is 0 Å². The van der Waals surface area contributed by atoms with E-state index in [1.807, 2.05) is 0 Å². The van der Waals surface area contributed by atoms with E-state index in [4.69, 9.17) is 25.8 Å². The number of ether oxygens (including phenoxy) is 3. The molecule has 0 aromatic rings. The van der Waals surface area contributed by atoms with Gasteiger partial charge in [0.25, 0.3) is 0 Å². The van der Waals surface area contributed by atoms with E-state index in [-0.39, 0.29) is 31.0 Å². The lowest BCUT2D eigenvalue weighted by atomic mass is 10.2. The Labute approximate surface area is 124 Å². The fourth-order valence-electron chi connectivity index (χ4n) is 1.83. The van der Waals surface area contributed by atoms with Crippen molar-refractivity contribution in [1.29, 1.82) is 0 Å². The molecular formula is C13H22ClNO5. The molecule has 1 saturated heterocycles. The first kappa shape index (κ1) is 17.2. The van der Waals surface area contributed by atoms with Gasteiger partial charge >= 0.3 is 5.97 Å². The Morgan fingerprint density at radius 3 is 2.85 bits per heavy atom. The summed E-state index contributed by atoms with van der Waals surface area (Å²) in [5.74, 6) is -0.550. The fraction of sp³-hybridized carbons (Fsp3) is 0.846. The second kappa shape index (κ2) is 9.96. The highest BCUT2D eigenvalue weighted by atomic mass is 35.5. The van der Waals surface area contributed by atoms with Crippen LogP contribution in [0.2, 0.25) is 0 Å². The number of nitrogens with one attached hydrogen (secondary N) is 1. The van der Waals surface area contributed by atoms with Crippen molar-refractivity contribution < 1.29 is 23.8 Å². The van der Waals surface area contributed by atoms with Crippen LogP contribution in [-0.4, -0.2) is 49.9 Å². The lowest BCUT2D eigenvalue weighted by Crippen LogP contribution is -2.36. The topological polar surface area (TPSA) is 73.9 Å². The van der Waals surface area contributed by atoms with Gasteiger partial charge in [-0.2, -0.15) is 0 Å². The number of esters is 1. The highest BCUT2D eigenvalue weighted by molar-refractivity contribution is 6.18. The molecule has 1 aliphatic rings. The quantitative estimate of drug-likeness (QED) is 0.539. The van der Waals surface area contributed by atoms with Crippen LogP contribution in [0.3, 0.4) is 0 Å². The molecule has 1 N–H and O–H groups in total. The van der Waals surface area contributed by atoms with Crippen molar-refractivity contribution >= 4 is 23.5 Å². The molecule has 1 heterocycles. The summed E-state index contributed by atoms with van der Waals surface area (Å²) in [5.41, 5.74) is 0. The van der Waals surface area contributed by atoms with E-state index in [9.17, 15) is 9.59 Å². The third kappa shape index (κ3) is 7.07. The SMILES string of the molecule is CCOC(=O)CNC(=O)CC(CCl)OC1CCCCO1. The number of rotatable bonds is 8. The molecule has 7 heteroatoms. The summed E-state index contributed by atoms with van der Waals surface area (Å²) in [6, 6.07) is 0. The molecule has 1 fully saturated rings. The molecule has 2 unspecified atom stereocenters. The summed E-state index contributed by atoms with van der Waals surface area (Å²) in [5, 5.41) is 2.48. The van der Waals surface area contributed by atoms with Crippen LogP contribution in [0.25, 0.3) is 0 Å². The van der Waals surface area contributed by atoms with Crippen LogP contribution in [0.15, 0.2) is 0 Å². The Morgan fingerprint density at radius 2 is 2.25 bits per heavy atom. The lowest BCUT2D eigenvalue weighted by Gasteiger charge is -2.26. The van der Waals surface area contributed by atoms with Crippen LogP contribution in [-0.2, 0) is 23.8 Å². The summed E-state index contributed by atoms with van der Waals surface area (Å²) >= 11 is 5.79. The predicted molar refractivity (Wildman–Crippen MR) is 73.4 cm³/mol. The van der Waals surface area contributed by atoms with Crippen molar-refractivity contribution in [2.45, 2.75) is 45.0 Å². The molecule has 2 atom stereocenters. The molecule has 1 aliphatic heterocycles. The van der Waals surface area contributed by atoms with E-state index in [2.05, 4.69) is 5.32 Å². The second-order valence-corrected chi connectivity index (χ2v) is 4.80. The van der Waals surface area contributed by atoms with Gasteiger partial charge < -0.3 is 19.5 Å². The van der Waals surface area contributed by atoms with Crippen molar-refractivity contribution in [3.8, 4) is 0 Å². The Balaban J connectivity index is 2.24. The predicted octanol–water partition coefficient (Wildman–Crippen LogP) is 1.21. The van der Waals surface area contributed by atoms with Gasteiger partial charge in [0.15, 0.2) is 6.29 Å². The van der Waals surface area contributed by atoms with Crippen molar-refractivity contribution in [1.82, 2.24) is 5.32 Å². The monoisotopic (exact) mass is 307 g/mol. The molecule has 6 nitrogen and oxygen atoms in total. The van der Waals surface area contributed by atoms with Gasteiger partial charge in [0, 0.05) is 12.5 Å². The highest BCUT2D eigenvalue weighted by Crippen LogP contribution is 2.17. The number of halogens is 1. The van der Waals surface area contributed by atoms with Gasteiger partial charge in [-0.05, 0) is 26.2 Å². The van der Waals surface area contributed by atoms with Gasteiger partial charge in [-0.25, -0.2) is 0 Å². The van der Waals surface area contributed by atoms with Crippen LogP contribution in [0, 0.1) is 0 Å². The van der Waals surface area contributed by atoms with Crippen molar-refractivity contribution in [3.63, 3.8) is 0 Å². The summed E-state index contributed by atoms with van der Waals surface area (Å²) in [4.78, 5) is 22.8. The van der Waals surface area contributed by atoms with E-state index in [0.717, 1.165) is 19.3 Å². The third-order valence-electron chi connectivity index (χ3n) is 2.80. The molecule has 0 bridgehead atoms. The maximum Gasteiger partial charge on any atom is 0.325 e. The highest BCUT2D eigenvalue weighted by Gasteiger charge is 2.21. The van der Waals surface area contributed by atoms with Crippen LogP contribution in [0.1, 0.15) is 32.6 Å². The average molecular weight is 308 g/mol. The first-order valence-corrected chi connectivity index (χ1v) is 7.44. The Bertz CT molecular complexity index is 307. The third-order valence-corrected chi connectivity index (χ3v) is 3.15. The van der Waals surface area contributed by atoms with E-state index in [1.165, 1.54) is 0 Å². The molecule has 0 saturated carbocycles.